The molecule has 1 aliphatic heterocycles. The average Bonchev–Trinajstić information content (AvgIpc) is 3.69. The van der Waals surface area contributed by atoms with Crippen molar-refractivity contribution in [3.05, 3.63) is 71.8 Å². The number of rotatable bonds is 6. The van der Waals surface area contributed by atoms with E-state index < -0.39 is 5.82 Å². The highest BCUT2D eigenvalue weighted by Gasteiger charge is 2.44. The molecule has 2 fully saturated rings. The Hall–Kier alpha value is -3.32. The van der Waals surface area contributed by atoms with E-state index in [1.54, 1.807) is 24.4 Å². The predicted octanol–water partition coefficient (Wildman–Crippen LogP) is 4.24. The van der Waals surface area contributed by atoms with Crippen LogP contribution in [-0.4, -0.2) is 36.4 Å². The number of halogens is 1. The van der Waals surface area contributed by atoms with Crippen molar-refractivity contribution in [1.82, 2.24) is 15.6 Å². The summed E-state index contributed by atoms with van der Waals surface area (Å²) >= 11 is 0. The molecule has 0 radical (unpaired) electrons. The van der Waals surface area contributed by atoms with Crippen LogP contribution in [0, 0.1) is 17.7 Å². The van der Waals surface area contributed by atoms with Crippen molar-refractivity contribution in [2.45, 2.75) is 31.6 Å². The lowest BCUT2D eigenvalue weighted by atomic mass is 10.0. The Balaban J connectivity index is 1.16. The van der Waals surface area contributed by atoms with Crippen LogP contribution in [0.25, 0.3) is 10.8 Å². The van der Waals surface area contributed by atoms with Crippen LogP contribution in [0.5, 0.6) is 0 Å². The van der Waals surface area contributed by atoms with Crippen molar-refractivity contribution >= 4 is 28.3 Å². The third kappa shape index (κ3) is 4.94. The highest BCUT2D eigenvalue weighted by Crippen LogP contribution is 2.48. The van der Waals surface area contributed by atoms with E-state index >= 15 is 0 Å². The molecule has 34 heavy (non-hydrogen) atoms. The van der Waals surface area contributed by atoms with Crippen molar-refractivity contribution in [1.29, 1.82) is 0 Å². The van der Waals surface area contributed by atoms with E-state index in [0.717, 1.165) is 37.9 Å². The van der Waals surface area contributed by atoms with E-state index in [0.29, 0.717) is 35.2 Å². The molecular weight excluding hydrogens is 431 g/mol. The molecule has 2 aliphatic rings. The number of hydrogen-bond donors (Lipinski definition) is 3. The average molecular weight is 461 g/mol. The molecule has 2 heterocycles. The molecule has 3 atom stereocenters. The zero-order chi connectivity index (χ0) is 23.5. The first-order valence-electron chi connectivity index (χ1n) is 12.0. The number of anilines is 1. The molecule has 1 saturated carbocycles. The van der Waals surface area contributed by atoms with Crippen LogP contribution < -0.4 is 16.0 Å². The molecule has 1 aliphatic carbocycles. The van der Waals surface area contributed by atoms with E-state index in [1.807, 2.05) is 24.3 Å². The maximum atomic E-state index is 14.8. The van der Waals surface area contributed by atoms with E-state index in [1.165, 1.54) is 6.20 Å². The number of fused-ring (bicyclic) bond motifs is 1. The first-order valence-corrected chi connectivity index (χ1v) is 12.0. The van der Waals surface area contributed by atoms with Gasteiger partial charge in [-0.2, -0.15) is 0 Å². The zero-order valence-electron chi connectivity index (χ0n) is 19.0. The molecule has 1 aromatic heterocycles. The van der Waals surface area contributed by atoms with Gasteiger partial charge in [0.25, 0.3) is 5.91 Å². The van der Waals surface area contributed by atoms with E-state index in [-0.39, 0.29) is 29.3 Å². The van der Waals surface area contributed by atoms with Crippen molar-refractivity contribution in [3.8, 4) is 0 Å². The van der Waals surface area contributed by atoms with Gasteiger partial charge in [-0.05, 0) is 80.4 Å². The molecular formula is C27H29FN4O2. The van der Waals surface area contributed by atoms with Crippen molar-refractivity contribution in [2.24, 2.45) is 11.8 Å². The topological polar surface area (TPSA) is 83.1 Å². The fourth-order valence-corrected chi connectivity index (χ4v) is 4.82. The minimum atomic E-state index is -0.444. The number of hydrogen-bond acceptors (Lipinski definition) is 4. The van der Waals surface area contributed by atoms with Crippen LogP contribution in [0.2, 0.25) is 0 Å². The minimum Gasteiger partial charge on any atom is -0.352 e. The summed E-state index contributed by atoms with van der Waals surface area (Å²) < 4.78 is 14.8. The van der Waals surface area contributed by atoms with Gasteiger partial charge in [-0.3, -0.25) is 14.6 Å². The first-order chi connectivity index (χ1) is 16.6. The molecule has 7 heteroatoms. The predicted molar refractivity (Wildman–Crippen MR) is 130 cm³/mol. The molecule has 0 unspecified atom stereocenters. The van der Waals surface area contributed by atoms with Crippen LogP contribution in [0.4, 0.5) is 10.1 Å². The van der Waals surface area contributed by atoms with Gasteiger partial charge in [0.15, 0.2) is 5.82 Å². The zero-order valence-corrected chi connectivity index (χ0v) is 19.0. The summed E-state index contributed by atoms with van der Waals surface area (Å²) in [5.74, 6) is -0.277. The lowest BCUT2D eigenvalue weighted by Crippen LogP contribution is -2.29. The summed E-state index contributed by atoms with van der Waals surface area (Å²) in [5, 5.41) is 10.3. The quantitative estimate of drug-likeness (QED) is 0.514. The Morgan fingerprint density at radius 3 is 2.76 bits per heavy atom. The maximum Gasteiger partial charge on any atom is 0.251 e. The van der Waals surface area contributed by atoms with Crippen molar-refractivity contribution in [2.75, 3.05) is 25.0 Å². The minimum absolute atomic E-state index is 0.0594. The highest BCUT2D eigenvalue weighted by atomic mass is 19.1. The molecule has 176 valence electrons. The molecule has 3 aromatic rings. The molecule has 6 nitrogen and oxygen atoms in total. The molecule has 3 N–H and O–H groups in total. The van der Waals surface area contributed by atoms with Gasteiger partial charge in [-0.1, -0.05) is 18.2 Å². The summed E-state index contributed by atoms with van der Waals surface area (Å²) in [6, 6.07) is 12.4. The Bertz CT molecular complexity index is 1190. The normalized spacial score (nSPS) is 22.1. The molecule has 1 saturated heterocycles. The maximum absolute atomic E-state index is 14.8. The van der Waals surface area contributed by atoms with Crippen LogP contribution in [-0.2, 0) is 4.79 Å². The van der Waals surface area contributed by atoms with Crippen LogP contribution >= 0.6 is 0 Å². The summed E-state index contributed by atoms with van der Waals surface area (Å²) in [4.78, 5) is 29.3. The monoisotopic (exact) mass is 460 g/mol. The number of carbonyl (C=O) groups is 2. The smallest absolute Gasteiger partial charge is 0.251 e. The number of carbonyl (C=O) groups excluding carboxylic acids is 2. The molecule has 5 rings (SSSR count). The lowest BCUT2D eigenvalue weighted by molar-refractivity contribution is -0.117. The van der Waals surface area contributed by atoms with Gasteiger partial charge in [0.05, 0.1) is 5.69 Å². The number of benzene rings is 2. The van der Waals surface area contributed by atoms with Crippen LogP contribution in [0.1, 0.15) is 47.5 Å². The lowest BCUT2D eigenvalue weighted by Gasteiger charge is -2.14. The third-order valence-electron chi connectivity index (χ3n) is 6.99. The second-order valence-electron chi connectivity index (χ2n) is 9.34. The number of amides is 2. The Kier molecular flexibility index (Phi) is 6.54. The van der Waals surface area contributed by atoms with Crippen molar-refractivity contribution < 1.29 is 14.0 Å². The summed E-state index contributed by atoms with van der Waals surface area (Å²) in [5.41, 5.74) is 1.84. The standard InChI is InChI=1S/C27H29FN4O2/c28-25-21-10-13-30-16-20(21)7-8-24(25)32-27(34)23-14-22(23)18-3-5-19(6-4-18)26(33)31-15-17-2-1-11-29-12-9-17/h3-8,10,13,16-17,22-23,29H,1-2,9,11-12,14-15H2,(H,31,33)(H,32,34)/t17-,22+,23-/m1/s1. The molecule has 2 amide bonds. The van der Waals surface area contributed by atoms with Crippen LogP contribution in [0.3, 0.4) is 0 Å². The largest absolute Gasteiger partial charge is 0.352 e. The number of nitrogens with one attached hydrogen (secondary N) is 3. The Labute approximate surface area is 198 Å². The van der Waals surface area contributed by atoms with Gasteiger partial charge < -0.3 is 16.0 Å². The van der Waals surface area contributed by atoms with E-state index in [2.05, 4.69) is 20.9 Å². The van der Waals surface area contributed by atoms with Crippen molar-refractivity contribution in [3.63, 3.8) is 0 Å². The van der Waals surface area contributed by atoms with Gasteiger partial charge in [-0.25, -0.2) is 4.39 Å². The SMILES string of the molecule is O=C(NC[C@@H]1CCCNCC1)c1ccc([C@@H]2C[C@H]2C(=O)Nc2ccc3cnccc3c2F)cc1. The summed E-state index contributed by atoms with van der Waals surface area (Å²) in [6.07, 6.45) is 7.22. The third-order valence-corrected chi connectivity index (χ3v) is 6.99. The van der Waals surface area contributed by atoms with Gasteiger partial charge in [0.1, 0.15) is 0 Å². The van der Waals surface area contributed by atoms with Crippen LogP contribution in [0.15, 0.2) is 54.9 Å². The number of nitrogens with zero attached hydrogens (tertiary/aromatic N) is 1. The number of pyridine rings is 1. The van der Waals surface area contributed by atoms with Gasteiger partial charge in [0, 0.05) is 41.2 Å². The second kappa shape index (κ2) is 9.89. The molecule has 0 spiro atoms. The van der Waals surface area contributed by atoms with E-state index in [4.69, 9.17) is 0 Å². The fourth-order valence-electron chi connectivity index (χ4n) is 4.82. The van der Waals surface area contributed by atoms with E-state index in [9.17, 15) is 14.0 Å². The Morgan fingerprint density at radius 1 is 1.06 bits per heavy atom. The number of aromatic nitrogens is 1. The summed E-state index contributed by atoms with van der Waals surface area (Å²) in [6.45, 7) is 2.77. The first kappa shape index (κ1) is 22.5. The molecule has 2 aromatic carbocycles. The van der Waals surface area contributed by atoms with Gasteiger partial charge in [-0.15, -0.1) is 0 Å². The van der Waals surface area contributed by atoms with Gasteiger partial charge in [0.2, 0.25) is 5.91 Å². The fraction of sp³-hybridized carbons (Fsp3) is 0.370. The Morgan fingerprint density at radius 2 is 1.91 bits per heavy atom. The second-order valence-corrected chi connectivity index (χ2v) is 9.34. The molecule has 0 bridgehead atoms. The van der Waals surface area contributed by atoms with Gasteiger partial charge >= 0.3 is 0 Å². The highest BCUT2D eigenvalue weighted by molar-refractivity contribution is 5.98. The summed E-state index contributed by atoms with van der Waals surface area (Å²) in [7, 11) is 0.